The standard InChI is InChI=1S/C25H23N5O2/c31-24(28-15-18-7-11-29-13-10-27-23(29)14-18)20-5-3-19(4-6-20)22-8-12-30(17-22)25(32)21-2-1-9-26-16-21/h1-7,9-11,13-14,16,22H,8,12,15,17H2,(H,28,31). The van der Waals surface area contributed by atoms with Gasteiger partial charge >= 0.3 is 0 Å². The molecule has 0 aliphatic carbocycles. The van der Waals surface area contributed by atoms with Crippen LogP contribution in [0.3, 0.4) is 0 Å². The van der Waals surface area contributed by atoms with Gasteiger partial charge in [-0.3, -0.25) is 14.6 Å². The first-order valence-corrected chi connectivity index (χ1v) is 10.7. The van der Waals surface area contributed by atoms with Crippen LogP contribution in [0.25, 0.3) is 5.65 Å². The summed E-state index contributed by atoms with van der Waals surface area (Å²) in [6.45, 7) is 1.84. The minimum Gasteiger partial charge on any atom is -0.348 e. The van der Waals surface area contributed by atoms with E-state index in [-0.39, 0.29) is 17.7 Å². The van der Waals surface area contributed by atoms with E-state index in [1.54, 1.807) is 30.7 Å². The molecular weight excluding hydrogens is 402 g/mol. The molecule has 5 rings (SSSR count). The number of carbonyl (C=O) groups is 2. The summed E-state index contributed by atoms with van der Waals surface area (Å²) in [5.41, 5.74) is 4.24. The molecule has 0 radical (unpaired) electrons. The van der Waals surface area contributed by atoms with E-state index in [0.717, 1.165) is 29.7 Å². The van der Waals surface area contributed by atoms with Gasteiger partial charge in [0.1, 0.15) is 5.65 Å². The second-order valence-electron chi connectivity index (χ2n) is 8.01. The van der Waals surface area contributed by atoms with E-state index in [9.17, 15) is 9.59 Å². The maximum atomic E-state index is 12.6. The molecule has 1 aliphatic rings. The molecule has 1 fully saturated rings. The van der Waals surface area contributed by atoms with Gasteiger partial charge < -0.3 is 14.6 Å². The number of aromatic nitrogens is 3. The van der Waals surface area contributed by atoms with Crippen molar-refractivity contribution < 1.29 is 9.59 Å². The number of imidazole rings is 1. The van der Waals surface area contributed by atoms with Crippen molar-refractivity contribution in [3.8, 4) is 0 Å². The van der Waals surface area contributed by atoms with Crippen LogP contribution in [0.5, 0.6) is 0 Å². The van der Waals surface area contributed by atoms with E-state index in [1.165, 1.54) is 0 Å². The number of amides is 2. The van der Waals surface area contributed by atoms with Crippen LogP contribution in [0.15, 0.2) is 79.5 Å². The molecule has 1 aliphatic heterocycles. The third-order valence-corrected chi connectivity index (χ3v) is 5.94. The quantitative estimate of drug-likeness (QED) is 0.532. The fraction of sp³-hybridized carbons (Fsp3) is 0.200. The van der Waals surface area contributed by atoms with Crippen molar-refractivity contribution in [2.75, 3.05) is 13.1 Å². The monoisotopic (exact) mass is 425 g/mol. The van der Waals surface area contributed by atoms with Crippen molar-refractivity contribution in [3.05, 3.63) is 102 Å². The van der Waals surface area contributed by atoms with Crippen molar-refractivity contribution >= 4 is 17.5 Å². The fourth-order valence-corrected chi connectivity index (χ4v) is 4.14. The molecule has 7 heteroatoms. The van der Waals surface area contributed by atoms with E-state index in [2.05, 4.69) is 15.3 Å². The molecule has 0 bridgehead atoms. The highest BCUT2D eigenvalue weighted by molar-refractivity contribution is 5.94. The lowest BCUT2D eigenvalue weighted by Gasteiger charge is -2.16. The number of benzene rings is 1. The second kappa shape index (κ2) is 8.63. The average molecular weight is 425 g/mol. The Morgan fingerprint density at radius 1 is 1.03 bits per heavy atom. The Morgan fingerprint density at radius 2 is 1.91 bits per heavy atom. The van der Waals surface area contributed by atoms with Gasteiger partial charge in [0.2, 0.25) is 0 Å². The molecule has 160 valence electrons. The number of nitrogens with zero attached hydrogens (tertiary/aromatic N) is 4. The third-order valence-electron chi connectivity index (χ3n) is 5.94. The lowest BCUT2D eigenvalue weighted by atomic mass is 9.97. The second-order valence-corrected chi connectivity index (χ2v) is 8.01. The van der Waals surface area contributed by atoms with Crippen LogP contribution < -0.4 is 5.32 Å². The Bertz CT molecular complexity index is 1250. The van der Waals surface area contributed by atoms with Gasteiger partial charge in [-0.15, -0.1) is 0 Å². The van der Waals surface area contributed by atoms with Gasteiger partial charge in [0.25, 0.3) is 11.8 Å². The van der Waals surface area contributed by atoms with E-state index in [4.69, 9.17) is 0 Å². The van der Waals surface area contributed by atoms with Crippen LogP contribution in [0.1, 0.15) is 44.2 Å². The molecule has 1 N–H and O–H groups in total. The Hall–Kier alpha value is -4.00. The Balaban J connectivity index is 1.18. The molecule has 1 saturated heterocycles. The zero-order valence-corrected chi connectivity index (χ0v) is 17.5. The summed E-state index contributed by atoms with van der Waals surface area (Å²) < 4.78 is 1.93. The predicted molar refractivity (Wildman–Crippen MR) is 120 cm³/mol. The molecule has 32 heavy (non-hydrogen) atoms. The summed E-state index contributed by atoms with van der Waals surface area (Å²) in [4.78, 5) is 35.4. The number of rotatable bonds is 5. The lowest BCUT2D eigenvalue weighted by Crippen LogP contribution is -2.28. The maximum absolute atomic E-state index is 12.6. The molecule has 1 unspecified atom stereocenters. The van der Waals surface area contributed by atoms with Crippen molar-refractivity contribution in [1.82, 2.24) is 24.6 Å². The van der Waals surface area contributed by atoms with Crippen LogP contribution in [-0.2, 0) is 6.54 Å². The average Bonchev–Trinajstić information content (AvgIpc) is 3.52. The number of hydrogen-bond donors (Lipinski definition) is 1. The summed E-state index contributed by atoms with van der Waals surface area (Å²) in [5, 5.41) is 2.97. The highest BCUT2D eigenvalue weighted by Gasteiger charge is 2.28. The number of fused-ring (bicyclic) bond motifs is 1. The first-order chi connectivity index (χ1) is 15.7. The van der Waals surface area contributed by atoms with E-state index in [1.807, 2.05) is 58.1 Å². The fourth-order valence-electron chi connectivity index (χ4n) is 4.14. The number of hydrogen-bond acceptors (Lipinski definition) is 4. The number of nitrogens with one attached hydrogen (secondary N) is 1. The van der Waals surface area contributed by atoms with Crippen molar-refractivity contribution in [3.63, 3.8) is 0 Å². The summed E-state index contributed by atoms with van der Waals surface area (Å²) in [6, 6.07) is 15.2. The first kappa shape index (κ1) is 19.9. The third kappa shape index (κ3) is 4.09. The SMILES string of the molecule is O=C(NCc1ccn2ccnc2c1)c1ccc(C2CCN(C(=O)c3cccnc3)C2)cc1. The van der Waals surface area contributed by atoms with Crippen LogP contribution in [-0.4, -0.2) is 44.2 Å². The Morgan fingerprint density at radius 3 is 2.72 bits per heavy atom. The highest BCUT2D eigenvalue weighted by Crippen LogP contribution is 2.28. The largest absolute Gasteiger partial charge is 0.348 e. The van der Waals surface area contributed by atoms with Gasteiger partial charge in [0, 0.05) is 62.1 Å². The molecule has 7 nitrogen and oxygen atoms in total. The Labute approximate surface area is 185 Å². The Kier molecular flexibility index (Phi) is 5.37. The number of likely N-dealkylation sites (tertiary alicyclic amines) is 1. The molecule has 0 saturated carbocycles. The van der Waals surface area contributed by atoms with Crippen LogP contribution in [0.2, 0.25) is 0 Å². The zero-order valence-electron chi connectivity index (χ0n) is 17.5. The van der Waals surface area contributed by atoms with E-state index >= 15 is 0 Å². The smallest absolute Gasteiger partial charge is 0.255 e. The van der Waals surface area contributed by atoms with Crippen LogP contribution >= 0.6 is 0 Å². The minimum absolute atomic E-state index is 0.0186. The molecule has 2 amide bonds. The van der Waals surface area contributed by atoms with Crippen LogP contribution in [0, 0.1) is 0 Å². The summed E-state index contributed by atoms with van der Waals surface area (Å²) in [7, 11) is 0. The minimum atomic E-state index is -0.112. The maximum Gasteiger partial charge on any atom is 0.255 e. The van der Waals surface area contributed by atoms with Crippen molar-refractivity contribution in [1.29, 1.82) is 0 Å². The van der Waals surface area contributed by atoms with Crippen molar-refractivity contribution in [2.24, 2.45) is 0 Å². The number of carbonyl (C=O) groups excluding carboxylic acids is 2. The number of pyridine rings is 2. The zero-order chi connectivity index (χ0) is 21.9. The lowest BCUT2D eigenvalue weighted by molar-refractivity contribution is 0.0790. The molecule has 4 heterocycles. The van der Waals surface area contributed by atoms with Gasteiger partial charge in [-0.05, 0) is 53.9 Å². The predicted octanol–water partition coefficient (Wildman–Crippen LogP) is 3.29. The van der Waals surface area contributed by atoms with Gasteiger partial charge in [0.15, 0.2) is 0 Å². The highest BCUT2D eigenvalue weighted by atomic mass is 16.2. The molecule has 1 atom stereocenters. The molecule has 0 spiro atoms. The van der Waals surface area contributed by atoms with E-state index in [0.29, 0.717) is 24.2 Å². The van der Waals surface area contributed by atoms with Crippen molar-refractivity contribution in [2.45, 2.75) is 18.9 Å². The van der Waals surface area contributed by atoms with Gasteiger partial charge in [-0.1, -0.05) is 12.1 Å². The molecule has 4 aromatic rings. The van der Waals surface area contributed by atoms with Gasteiger partial charge in [-0.25, -0.2) is 4.98 Å². The van der Waals surface area contributed by atoms with Crippen LogP contribution in [0.4, 0.5) is 0 Å². The first-order valence-electron chi connectivity index (χ1n) is 10.7. The topological polar surface area (TPSA) is 79.6 Å². The molecular formula is C25H23N5O2. The van der Waals surface area contributed by atoms with Gasteiger partial charge in [0.05, 0.1) is 5.56 Å². The van der Waals surface area contributed by atoms with Gasteiger partial charge in [-0.2, -0.15) is 0 Å². The summed E-state index contributed by atoms with van der Waals surface area (Å²) in [6.07, 6.45) is 9.75. The van der Waals surface area contributed by atoms with E-state index < -0.39 is 0 Å². The molecule has 1 aromatic carbocycles. The molecule has 3 aromatic heterocycles. The summed E-state index contributed by atoms with van der Waals surface area (Å²) in [5.74, 6) is 0.179. The normalized spacial score (nSPS) is 15.8. The summed E-state index contributed by atoms with van der Waals surface area (Å²) >= 11 is 0.